The Balaban J connectivity index is 1.97. The quantitative estimate of drug-likeness (QED) is 0.536. The summed E-state index contributed by atoms with van der Waals surface area (Å²) in [5.74, 6) is -0.508. The van der Waals surface area contributed by atoms with Crippen molar-refractivity contribution in [2.75, 3.05) is 7.11 Å². The van der Waals surface area contributed by atoms with Crippen LogP contribution in [0.5, 0.6) is 5.75 Å². The molecule has 1 heterocycles. The average molecular weight is 342 g/mol. The third-order valence-electron chi connectivity index (χ3n) is 3.71. The molecule has 0 unspecified atom stereocenters. The van der Waals surface area contributed by atoms with E-state index in [1.807, 2.05) is 0 Å². The minimum atomic E-state index is -0.785. The second kappa shape index (κ2) is 6.76. The van der Waals surface area contributed by atoms with Crippen LogP contribution in [0.25, 0.3) is 22.1 Å². The fourth-order valence-electron chi connectivity index (χ4n) is 2.41. The molecule has 1 atom stereocenters. The van der Waals surface area contributed by atoms with Gasteiger partial charge in [-0.05, 0) is 42.8 Å². The lowest BCUT2D eigenvalue weighted by Crippen LogP contribution is -2.24. The number of esters is 1. The van der Waals surface area contributed by atoms with Gasteiger partial charge < -0.3 is 13.9 Å². The minimum Gasteiger partial charge on any atom is -0.479 e. The first-order valence-corrected chi connectivity index (χ1v) is 7.56. The van der Waals surface area contributed by atoms with Crippen molar-refractivity contribution in [3.05, 3.63) is 64.8 Å². The molecule has 128 valence electrons. The van der Waals surface area contributed by atoms with Gasteiger partial charge in [-0.15, -0.1) is 0 Å². The molecule has 0 amide bonds. The Morgan fingerprint density at radius 2 is 1.84 bits per heavy atom. The van der Waals surface area contributed by atoms with Crippen molar-refractivity contribution in [1.82, 2.24) is 0 Å². The summed E-state index contributed by atoms with van der Waals surface area (Å²) in [7, 11) is 1.28. The highest BCUT2D eigenvalue weighted by Gasteiger charge is 2.15. The molecule has 5 nitrogen and oxygen atoms in total. The maximum atomic E-state index is 13.0. The Kier molecular flexibility index (Phi) is 4.52. The molecule has 6 heteroatoms. The van der Waals surface area contributed by atoms with E-state index >= 15 is 0 Å². The summed E-state index contributed by atoms with van der Waals surface area (Å²) in [5.41, 5.74) is 0.684. The van der Waals surface area contributed by atoms with Crippen LogP contribution in [-0.4, -0.2) is 19.2 Å². The molecule has 0 aliphatic carbocycles. The second-order valence-corrected chi connectivity index (χ2v) is 5.44. The lowest BCUT2D eigenvalue weighted by atomic mass is 10.1. The SMILES string of the molecule is COC(=O)[C@@H](C)Oc1ccc2cc(-c3ccc(F)cc3)c(=O)oc2c1. The number of carbonyl (C=O) groups excluding carboxylic acids is 1. The molecule has 0 aliphatic rings. The van der Waals surface area contributed by atoms with Crippen molar-refractivity contribution < 1.29 is 23.1 Å². The molecule has 0 saturated carbocycles. The first-order chi connectivity index (χ1) is 12.0. The normalized spacial score (nSPS) is 12.0. The molecule has 0 aliphatic heterocycles. The number of methoxy groups -OCH3 is 1. The molecule has 0 radical (unpaired) electrons. The molecular formula is C19H15FO5. The number of hydrogen-bond donors (Lipinski definition) is 0. The molecule has 0 spiro atoms. The second-order valence-electron chi connectivity index (χ2n) is 5.44. The molecule has 0 fully saturated rings. The summed E-state index contributed by atoms with van der Waals surface area (Å²) in [5, 5.41) is 0.678. The van der Waals surface area contributed by atoms with Crippen molar-refractivity contribution >= 4 is 16.9 Å². The van der Waals surface area contributed by atoms with Crippen molar-refractivity contribution in [3.8, 4) is 16.9 Å². The number of benzene rings is 2. The maximum absolute atomic E-state index is 13.0. The van der Waals surface area contributed by atoms with Gasteiger partial charge in [0.15, 0.2) is 6.10 Å². The van der Waals surface area contributed by atoms with E-state index < -0.39 is 17.7 Å². The van der Waals surface area contributed by atoms with Gasteiger partial charge in [0.2, 0.25) is 0 Å². The number of halogens is 1. The van der Waals surface area contributed by atoms with E-state index in [2.05, 4.69) is 4.74 Å². The number of fused-ring (bicyclic) bond motifs is 1. The van der Waals surface area contributed by atoms with Gasteiger partial charge in [-0.2, -0.15) is 0 Å². The predicted octanol–water partition coefficient (Wildman–Crippen LogP) is 3.54. The Bertz CT molecular complexity index is 975. The van der Waals surface area contributed by atoms with Crippen LogP contribution < -0.4 is 10.4 Å². The zero-order chi connectivity index (χ0) is 18.0. The fraction of sp³-hybridized carbons (Fsp3) is 0.158. The Hall–Kier alpha value is -3.15. The smallest absolute Gasteiger partial charge is 0.346 e. The monoisotopic (exact) mass is 342 g/mol. The van der Waals surface area contributed by atoms with Crippen molar-refractivity contribution in [2.24, 2.45) is 0 Å². The first-order valence-electron chi connectivity index (χ1n) is 7.56. The molecule has 0 saturated heterocycles. The van der Waals surface area contributed by atoms with Crippen LogP contribution in [0.2, 0.25) is 0 Å². The first kappa shape index (κ1) is 16.7. The summed E-state index contributed by atoms with van der Waals surface area (Å²) >= 11 is 0. The van der Waals surface area contributed by atoms with Crippen LogP contribution in [0.1, 0.15) is 6.92 Å². The zero-order valence-corrected chi connectivity index (χ0v) is 13.6. The zero-order valence-electron chi connectivity index (χ0n) is 13.6. The van der Waals surface area contributed by atoms with Crippen molar-refractivity contribution in [1.29, 1.82) is 0 Å². The molecule has 1 aromatic heterocycles. The number of hydrogen-bond acceptors (Lipinski definition) is 5. The lowest BCUT2D eigenvalue weighted by Gasteiger charge is -2.12. The van der Waals surface area contributed by atoms with E-state index in [0.29, 0.717) is 27.8 Å². The van der Waals surface area contributed by atoms with Gasteiger partial charge in [0, 0.05) is 11.5 Å². The molecule has 25 heavy (non-hydrogen) atoms. The van der Waals surface area contributed by atoms with E-state index in [9.17, 15) is 14.0 Å². The number of carbonyl (C=O) groups is 1. The van der Waals surface area contributed by atoms with Crippen LogP contribution in [0.15, 0.2) is 57.7 Å². The lowest BCUT2D eigenvalue weighted by molar-refractivity contribution is -0.147. The van der Waals surface area contributed by atoms with Gasteiger partial charge in [-0.25, -0.2) is 14.0 Å². The van der Waals surface area contributed by atoms with Gasteiger partial charge in [0.05, 0.1) is 12.7 Å². The summed E-state index contributed by atoms with van der Waals surface area (Å²) in [6, 6.07) is 12.2. The predicted molar refractivity (Wildman–Crippen MR) is 90.0 cm³/mol. The topological polar surface area (TPSA) is 65.7 Å². The molecule has 3 rings (SSSR count). The molecular weight excluding hydrogens is 327 g/mol. The molecule has 0 N–H and O–H groups in total. The summed E-state index contributed by atoms with van der Waals surface area (Å²) in [6.45, 7) is 1.56. The highest BCUT2D eigenvalue weighted by atomic mass is 19.1. The molecule has 0 bridgehead atoms. The number of rotatable bonds is 4. The third kappa shape index (κ3) is 3.52. The van der Waals surface area contributed by atoms with Gasteiger partial charge in [0.1, 0.15) is 17.1 Å². The van der Waals surface area contributed by atoms with E-state index in [4.69, 9.17) is 9.15 Å². The molecule has 3 aromatic rings. The summed E-state index contributed by atoms with van der Waals surface area (Å²) in [6.07, 6.45) is -0.785. The largest absolute Gasteiger partial charge is 0.479 e. The van der Waals surface area contributed by atoms with Crippen LogP contribution in [0.3, 0.4) is 0 Å². The van der Waals surface area contributed by atoms with Gasteiger partial charge in [-0.3, -0.25) is 0 Å². The third-order valence-corrected chi connectivity index (χ3v) is 3.71. The average Bonchev–Trinajstić information content (AvgIpc) is 2.61. The highest BCUT2D eigenvalue weighted by Crippen LogP contribution is 2.25. The van der Waals surface area contributed by atoms with E-state index in [0.717, 1.165) is 0 Å². The minimum absolute atomic E-state index is 0.324. The Morgan fingerprint density at radius 1 is 1.12 bits per heavy atom. The van der Waals surface area contributed by atoms with Gasteiger partial charge in [-0.1, -0.05) is 12.1 Å². The number of ether oxygens (including phenoxy) is 2. The van der Waals surface area contributed by atoms with Gasteiger partial charge >= 0.3 is 11.6 Å². The standard InChI is InChI=1S/C19H15FO5/c1-11(18(21)23-2)24-15-8-5-13-9-16(19(22)25-17(13)10-15)12-3-6-14(20)7-4-12/h3-11H,1-2H3/t11-/m1/s1. The van der Waals surface area contributed by atoms with Crippen molar-refractivity contribution in [2.45, 2.75) is 13.0 Å². The fourth-order valence-corrected chi connectivity index (χ4v) is 2.41. The van der Waals surface area contributed by atoms with Crippen LogP contribution >= 0.6 is 0 Å². The van der Waals surface area contributed by atoms with Crippen LogP contribution in [0.4, 0.5) is 4.39 Å². The Labute approximate surface area is 142 Å². The maximum Gasteiger partial charge on any atom is 0.346 e. The summed E-state index contributed by atoms with van der Waals surface area (Å²) in [4.78, 5) is 23.6. The Morgan fingerprint density at radius 3 is 2.52 bits per heavy atom. The highest BCUT2D eigenvalue weighted by molar-refractivity contribution is 5.83. The summed E-state index contributed by atoms with van der Waals surface area (Å²) < 4.78 is 28.4. The van der Waals surface area contributed by atoms with Crippen LogP contribution in [0, 0.1) is 5.82 Å². The van der Waals surface area contributed by atoms with Gasteiger partial charge in [0.25, 0.3) is 0 Å². The van der Waals surface area contributed by atoms with E-state index in [1.165, 1.54) is 37.4 Å². The van der Waals surface area contributed by atoms with Crippen LogP contribution in [-0.2, 0) is 9.53 Å². The van der Waals surface area contributed by atoms with Crippen molar-refractivity contribution in [3.63, 3.8) is 0 Å². The molecule has 2 aromatic carbocycles. The van der Waals surface area contributed by atoms with E-state index in [-0.39, 0.29) is 5.82 Å². The van der Waals surface area contributed by atoms with E-state index in [1.54, 1.807) is 25.1 Å².